The van der Waals surface area contributed by atoms with E-state index in [0.717, 1.165) is 11.1 Å². The number of Topliss-reactive ketones (excluding diaryl/α,β-unsaturated/α-hetero) is 1. The zero-order chi connectivity index (χ0) is 14.3. The van der Waals surface area contributed by atoms with Gasteiger partial charge in [-0.05, 0) is 37.1 Å². The molecule has 0 N–H and O–H groups in total. The van der Waals surface area contributed by atoms with Gasteiger partial charge in [-0.2, -0.15) is 0 Å². The van der Waals surface area contributed by atoms with Gasteiger partial charge < -0.3 is 0 Å². The molecule has 0 aliphatic carbocycles. The highest BCUT2D eigenvalue weighted by Crippen LogP contribution is 2.33. The first-order valence-electron chi connectivity index (χ1n) is 6.31. The Labute approximate surface area is 116 Å². The van der Waals surface area contributed by atoms with Gasteiger partial charge in [0.15, 0.2) is 0 Å². The third-order valence-electron chi connectivity index (χ3n) is 3.34. The van der Waals surface area contributed by atoms with E-state index in [-0.39, 0.29) is 6.54 Å². The molecule has 3 rings (SSSR count). The minimum absolute atomic E-state index is 0.210. The number of nitrogens with zero attached hydrogens (tertiary/aromatic N) is 3. The highest BCUT2D eigenvalue weighted by Gasteiger charge is 2.37. The van der Waals surface area contributed by atoms with Crippen molar-refractivity contribution in [1.82, 2.24) is 9.97 Å². The summed E-state index contributed by atoms with van der Waals surface area (Å²) in [7, 11) is 0. The summed E-state index contributed by atoms with van der Waals surface area (Å²) in [4.78, 5) is 33.9. The van der Waals surface area contributed by atoms with Crippen LogP contribution in [0, 0.1) is 13.8 Å². The van der Waals surface area contributed by atoms with Crippen molar-refractivity contribution in [2.45, 2.75) is 20.4 Å². The Balaban J connectivity index is 2.06. The fraction of sp³-hybridized carbons (Fsp3) is 0.200. The maximum atomic E-state index is 12.2. The van der Waals surface area contributed by atoms with Crippen LogP contribution in [0.5, 0.6) is 0 Å². The third kappa shape index (κ3) is 1.87. The van der Waals surface area contributed by atoms with Crippen LogP contribution in [0.1, 0.15) is 27.3 Å². The molecule has 2 aromatic rings. The fourth-order valence-electron chi connectivity index (χ4n) is 2.50. The van der Waals surface area contributed by atoms with E-state index >= 15 is 0 Å². The smallest absolute Gasteiger partial charge is 0.297 e. The Kier molecular flexibility index (Phi) is 2.82. The van der Waals surface area contributed by atoms with Gasteiger partial charge in [-0.3, -0.25) is 14.5 Å². The van der Waals surface area contributed by atoms with E-state index in [1.807, 2.05) is 26.0 Å². The van der Waals surface area contributed by atoms with Crippen LogP contribution in [-0.4, -0.2) is 21.7 Å². The molecular formula is C15H13N3O2. The summed E-state index contributed by atoms with van der Waals surface area (Å²) in [5.74, 6) is -0.449. The molecule has 0 saturated heterocycles. The normalized spacial score (nSPS) is 13.8. The van der Waals surface area contributed by atoms with Crippen molar-refractivity contribution in [3.05, 3.63) is 53.1 Å². The second-order valence-electron chi connectivity index (χ2n) is 4.86. The zero-order valence-electron chi connectivity index (χ0n) is 11.3. The van der Waals surface area contributed by atoms with Gasteiger partial charge in [0.25, 0.3) is 11.7 Å². The lowest BCUT2D eigenvalue weighted by molar-refractivity contribution is -0.114. The van der Waals surface area contributed by atoms with Gasteiger partial charge in [0, 0.05) is 12.4 Å². The molecule has 1 amide bonds. The topological polar surface area (TPSA) is 63.2 Å². The maximum Gasteiger partial charge on any atom is 0.299 e. The average Bonchev–Trinajstić information content (AvgIpc) is 2.65. The van der Waals surface area contributed by atoms with Crippen LogP contribution >= 0.6 is 0 Å². The summed E-state index contributed by atoms with van der Waals surface area (Å²) >= 11 is 0. The first-order valence-corrected chi connectivity index (χ1v) is 6.31. The first-order chi connectivity index (χ1) is 9.58. The number of fused-ring (bicyclic) bond motifs is 1. The minimum atomic E-state index is -0.513. The van der Waals surface area contributed by atoms with Gasteiger partial charge in [0.1, 0.15) is 5.82 Å². The number of benzene rings is 1. The van der Waals surface area contributed by atoms with E-state index in [1.165, 1.54) is 4.90 Å². The minimum Gasteiger partial charge on any atom is -0.297 e. The van der Waals surface area contributed by atoms with Gasteiger partial charge >= 0.3 is 0 Å². The van der Waals surface area contributed by atoms with Crippen LogP contribution in [0.15, 0.2) is 30.6 Å². The Hall–Kier alpha value is -2.56. The zero-order valence-corrected chi connectivity index (χ0v) is 11.3. The second kappa shape index (κ2) is 4.52. The Bertz CT molecular complexity index is 711. The van der Waals surface area contributed by atoms with Crippen molar-refractivity contribution in [3.8, 4) is 0 Å². The lowest BCUT2D eigenvalue weighted by atomic mass is 10.0. The number of aryl methyl sites for hydroxylation is 2. The van der Waals surface area contributed by atoms with Gasteiger partial charge in [-0.15, -0.1) is 0 Å². The molecule has 100 valence electrons. The number of carbonyl (C=O) groups is 2. The van der Waals surface area contributed by atoms with Crippen molar-refractivity contribution in [2.24, 2.45) is 0 Å². The van der Waals surface area contributed by atoms with Crippen molar-refractivity contribution in [2.75, 3.05) is 4.90 Å². The number of anilines is 1. The van der Waals surface area contributed by atoms with Gasteiger partial charge in [0.05, 0.1) is 17.8 Å². The molecular weight excluding hydrogens is 254 g/mol. The van der Waals surface area contributed by atoms with Crippen LogP contribution in [0.2, 0.25) is 0 Å². The molecule has 5 nitrogen and oxygen atoms in total. The summed E-state index contributed by atoms with van der Waals surface area (Å²) in [6, 6.07) is 5.48. The van der Waals surface area contributed by atoms with Crippen LogP contribution in [-0.2, 0) is 11.3 Å². The number of amides is 1. The molecule has 1 aliphatic heterocycles. The molecule has 0 spiro atoms. The van der Waals surface area contributed by atoms with Crippen LogP contribution in [0.4, 0.5) is 5.69 Å². The summed E-state index contributed by atoms with van der Waals surface area (Å²) < 4.78 is 0. The molecule has 20 heavy (non-hydrogen) atoms. The molecule has 0 unspecified atom stereocenters. The van der Waals surface area contributed by atoms with Gasteiger partial charge in [-0.25, -0.2) is 9.97 Å². The third-order valence-corrected chi connectivity index (χ3v) is 3.34. The maximum absolute atomic E-state index is 12.2. The van der Waals surface area contributed by atoms with E-state index < -0.39 is 11.7 Å². The number of hydrogen-bond donors (Lipinski definition) is 0. The number of rotatable bonds is 2. The molecule has 2 heterocycles. The summed E-state index contributed by atoms with van der Waals surface area (Å²) in [6.07, 6.45) is 3.24. The standard InChI is InChI=1S/C15H13N3O2/c1-9-6-10(2)13-11(7-9)18(15(20)14(13)19)8-12-16-4-3-5-17-12/h3-7H,8H2,1-2H3. The highest BCUT2D eigenvalue weighted by molar-refractivity contribution is 6.52. The van der Waals surface area contributed by atoms with E-state index in [0.29, 0.717) is 17.1 Å². The molecule has 0 atom stereocenters. The number of ketones is 1. The molecule has 1 aliphatic rings. The Morgan fingerprint density at radius 2 is 1.80 bits per heavy atom. The van der Waals surface area contributed by atoms with Crippen LogP contribution < -0.4 is 4.90 Å². The van der Waals surface area contributed by atoms with E-state index in [4.69, 9.17) is 0 Å². The quantitative estimate of drug-likeness (QED) is 0.779. The van der Waals surface area contributed by atoms with Crippen LogP contribution in [0.25, 0.3) is 0 Å². The first kappa shape index (κ1) is 12.5. The molecule has 1 aromatic carbocycles. The monoisotopic (exact) mass is 267 g/mol. The van der Waals surface area contributed by atoms with Crippen molar-refractivity contribution in [1.29, 1.82) is 0 Å². The second-order valence-corrected chi connectivity index (χ2v) is 4.86. The number of carbonyl (C=O) groups excluding carboxylic acids is 2. The predicted molar refractivity (Wildman–Crippen MR) is 73.5 cm³/mol. The Morgan fingerprint density at radius 3 is 2.50 bits per heavy atom. The van der Waals surface area contributed by atoms with Gasteiger partial charge in [-0.1, -0.05) is 6.07 Å². The summed E-state index contributed by atoms with van der Waals surface area (Å²) in [5, 5.41) is 0. The van der Waals surface area contributed by atoms with E-state index in [2.05, 4.69) is 9.97 Å². The SMILES string of the molecule is Cc1cc(C)c2c(c1)N(Cc1ncccn1)C(=O)C2=O. The van der Waals surface area contributed by atoms with Crippen molar-refractivity contribution < 1.29 is 9.59 Å². The molecule has 0 bridgehead atoms. The highest BCUT2D eigenvalue weighted by atomic mass is 16.2. The average molecular weight is 267 g/mol. The van der Waals surface area contributed by atoms with Crippen LogP contribution in [0.3, 0.4) is 0 Å². The van der Waals surface area contributed by atoms with E-state index in [1.54, 1.807) is 18.5 Å². The molecule has 0 saturated carbocycles. The predicted octanol–water partition coefficient (Wildman–Crippen LogP) is 1.82. The molecule has 5 heteroatoms. The van der Waals surface area contributed by atoms with E-state index in [9.17, 15) is 9.59 Å². The molecule has 0 fully saturated rings. The van der Waals surface area contributed by atoms with Gasteiger partial charge in [0.2, 0.25) is 0 Å². The fourth-order valence-corrected chi connectivity index (χ4v) is 2.50. The summed E-state index contributed by atoms with van der Waals surface area (Å²) in [5.41, 5.74) is 3.00. The lowest BCUT2D eigenvalue weighted by Gasteiger charge is -2.16. The van der Waals surface area contributed by atoms with Crippen molar-refractivity contribution >= 4 is 17.4 Å². The molecule has 1 aromatic heterocycles. The Morgan fingerprint density at radius 1 is 1.10 bits per heavy atom. The molecule has 0 radical (unpaired) electrons. The lowest BCUT2D eigenvalue weighted by Crippen LogP contribution is -2.29. The van der Waals surface area contributed by atoms with Crippen molar-refractivity contribution in [3.63, 3.8) is 0 Å². The number of aromatic nitrogens is 2. The largest absolute Gasteiger partial charge is 0.299 e. The summed E-state index contributed by atoms with van der Waals surface area (Å²) in [6.45, 7) is 4.00. The number of hydrogen-bond acceptors (Lipinski definition) is 4.